The fraction of sp³-hybridized carbons (Fsp3) is 0.579. The highest BCUT2D eigenvalue weighted by Gasteiger charge is 2.29. The van der Waals surface area contributed by atoms with Crippen LogP contribution in [0.4, 0.5) is 11.4 Å². The number of rotatable bonds is 5. The third-order valence-electron chi connectivity index (χ3n) is 4.74. The standard InChI is InChI=1S/C19H29N3O3/c1-13(24)22-9-8-14-10-15(6-7-16(14)22)20-18(25)11-21(5)17(12-23)19(2,3)4/h6-7,10,17,23H,8-9,11-12H2,1-5H3,(H,20,25). The molecule has 0 radical (unpaired) electrons. The second kappa shape index (κ2) is 7.54. The second-order valence-electron chi connectivity index (χ2n) is 7.79. The summed E-state index contributed by atoms with van der Waals surface area (Å²) < 4.78 is 0. The molecule has 0 saturated heterocycles. The molecule has 25 heavy (non-hydrogen) atoms. The van der Waals surface area contributed by atoms with E-state index < -0.39 is 0 Å². The lowest BCUT2D eigenvalue weighted by Crippen LogP contribution is -2.47. The first kappa shape index (κ1) is 19.4. The quantitative estimate of drug-likeness (QED) is 0.853. The van der Waals surface area contributed by atoms with Crippen molar-refractivity contribution in [2.45, 2.75) is 40.2 Å². The van der Waals surface area contributed by atoms with Crippen LogP contribution in [0, 0.1) is 5.41 Å². The van der Waals surface area contributed by atoms with E-state index in [9.17, 15) is 14.7 Å². The number of aliphatic hydroxyl groups excluding tert-OH is 1. The van der Waals surface area contributed by atoms with Gasteiger partial charge in [0.25, 0.3) is 0 Å². The molecular formula is C19H29N3O3. The van der Waals surface area contributed by atoms with Crippen LogP contribution in [0.1, 0.15) is 33.3 Å². The molecule has 1 unspecified atom stereocenters. The molecule has 0 aliphatic carbocycles. The third kappa shape index (κ3) is 4.58. The molecule has 0 saturated carbocycles. The van der Waals surface area contributed by atoms with Crippen LogP contribution in [0.5, 0.6) is 0 Å². The van der Waals surface area contributed by atoms with E-state index in [0.29, 0.717) is 6.54 Å². The number of benzene rings is 1. The van der Waals surface area contributed by atoms with Gasteiger partial charge in [0.15, 0.2) is 0 Å². The maximum absolute atomic E-state index is 12.3. The van der Waals surface area contributed by atoms with Crippen molar-refractivity contribution in [2.75, 3.05) is 37.0 Å². The molecule has 0 fully saturated rings. The third-order valence-corrected chi connectivity index (χ3v) is 4.74. The van der Waals surface area contributed by atoms with Gasteiger partial charge in [-0.2, -0.15) is 0 Å². The maximum atomic E-state index is 12.3. The summed E-state index contributed by atoms with van der Waals surface area (Å²) >= 11 is 0. The number of amides is 2. The Morgan fingerprint density at radius 3 is 2.60 bits per heavy atom. The van der Waals surface area contributed by atoms with E-state index in [-0.39, 0.29) is 36.4 Å². The first-order valence-electron chi connectivity index (χ1n) is 8.65. The van der Waals surface area contributed by atoms with E-state index in [0.717, 1.165) is 23.4 Å². The number of nitrogens with zero attached hydrogens (tertiary/aromatic N) is 2. The van der Waals surface area contributed by atoms with Crippen LogP contribution in [0.25, 0.3) is 0 Å². The Kier molecular flexibility index (Phi) is 5.85. The summed E-state index contributed by atoms with van der Waals surface area (Å²) in [6, 6.07) is 5.55. The molecule has 1 aliphatic heterocycles. The predicted octanol–water partition coefficient (Wildman–Crippen LogP) is 1.87. The molecule has 0 spiro atoms. The van der Waals surface area contributed by atoms with E-state index in [1.165, 1.54) is 0 Å². The highest BCUT2D eigenvalue weighted by Crippen LogP contribution is 2.30. The molecule has 1 aromatic rings. The summed E-state index contributed by atoms with van der Waals surface area (Å²) in [5.74, 6) is -0.0824. The van der Waals surface area contributed by atoms with Crippen molar-refractivity contribution in [2.24, 2.45) is 5.41 Å². The first-order valence-corrected chi connectivity index (χ1v) is 8.65. The zero-order chi connectivity index (χ0) is 18.8. The van der Waals surface area contributed by atoms with Crippen molar-refractivity contribution in [3.63, 3.8) is 0 Å². The van der Waals surface area contributed by atoms with E-state index in [1.54, 1.807) is 11.8 Å². The van der Waals surface area contributed by atoms with E-state index >= 15 is 0 Å². The van der Waals surface area contributed by atoms with Gasteiger partial charge in [0.05, 0.1) is 13.2 Å². The fourth-order valence-corrected chi connectivity index (χ4v) is 3.42. The molecule has 6 nitrogen and oxygen atoms in total. The lowest BCUT2D eigenvalue weighted by Gasteiger charge is -2.36. The molecular weight excluding hydrogens is 318 g/mol. The van der Waals surface area contributed by atoms with Crippen molar-refractivity contribution >= 4 is 23.2 Å². The van der Waals surface area contributed by atoms with Gasteiger partial charge in [0.1, 0.15) is 0 Å². The largest absolute Gasteiger partial charge is 0.395 e. The molecule has 1 aromatic carbocycles. The van der Waals surface area contributed by atoms with Crippen LogP contribution in [0.3, 0.4) is 0 Å². The predicted molar refractivity (Wildman–Crippen MR) is 99.8 cm³/mol. The summed E-state index contributed by atoms with van der Waals surface area (Å²) in [5.41, 5.74) is 2.62. The SMILES string of the molecule is CC(=O)N1CCc2cc(NC(=O)CN(C)C(CO)C(C)(C)C)ccc21. The van der Waals surface area contributed by atoms with Gasteiger partial charge in [-0.3, -0.25) is 14.5 Å². The van der Waals surface area contributed by atoms with Gasteiger partial charge < -0.3 is 15.3 Å². The number of likely N-dealkylation sites (N-methyl/N-ethyl adjacent to an activating group) is 1. The van der Waals surface area contributed by atoms with Gasteiger partial charge in [0.2, 0.25) is 11.8 Å². The van der Waals surface area contributed by atoms with Gasteiger partial charge in [-0.05, 0) is 42.6 Å². The molecule has 1 aliphatic rings. The summed E-state index contributed by atoms with van der Waals surface area (Å²) in [5, 5.41) is 12.5. The molecule has 0 bridgehead atoms. The lowest BCUT2D eigenvalue weighted by atomic mass is 9.86. The topological polar surface area (TPSA) is 72.9 Å². The molecule has 1 heterocycles. The summed E-state index contributed by atoms with van der Waals surface area (Å²) in [6.45, 7) is 8.60. The molecule has 1 atom stereocenters. The van der Waals surface area contributed by atoms with Crippen LogP contribution in [-0.4, -0.2) is 54.6 Å². The molecule has 2 N–H and O–H groups in total. The molecule has 0 aromatic heterocycles. The average Bonchev–Trinajstić information content (AvgIpc) is 2.89. The van der Waals surface area contributed by atoms with Gasteiger partial charge in [-0.1, -0.05) is 20.8 Å². The van der Waals surface area contributed by atoms with Crippen LogP contribution < -0.4 is 10.2 Å². The van der Waals surface area contributed by atoms with Crippen LogP contribution in [0.15, 0.2) is 18.2 Å². The Morgan fingerprint density at radius 2 is 2.04 bits per heavy atom. The van der Waals surface area contributed by atoms with Crippen molar-refractivity contribution in [1.29, 1.82) is 0 Å². The minimum absolute atomic E-state index is 0.00695. The average molecular weight is 347 g/mol. The number of aliphatic hydroxyl groups is 1. The van der Waals surface area contributed by atoms with Crippen molar-refractivity contribution in [3.8, 4) is 0 Å². The van der Waals surface area contributed by atoms with Gasteiger partial charge in [0, 0.05) is 30.9 Å². The van der Waals surface area contributed by atoms with Crippen LogP contribution in [0.2, 0.25) is 0 Å². The fourth-order valence-electron chi connectivity index (χ4n) is 3.42. The Morgan fingerprint density at radius 1 is 1.36 bits per heavy atom. The number of hydrogen-bond donors (Lipinski definition) is 2. The van der Waals surface area contributed by atoms with Crippen LogP contribution in [-0.2, 0) is 16.0 Å². The number of fused-ring (bicyclic) bond motifs is 1. The molecule has 2 amide bonds. The zero-order valence-electron chi connectivity index (χ0n) is 15.8. The van der Waals surface area contributed by atoms with Gasteiger partial charge >= 0.3 is 0 Å². The number of nitrogens with one attached hydrogen (secondary N) is 1. The maximum Gasteiger partial charge on any atom is 0.238 e. The van der Waals surface area contributed by atoms with E-state index in [1.807, 2.05) is 50.9 Å². The van der Waals surface area contributed by atoms with E-state index in [2.05, 4.69) is 5.32 Å². The Bertz CT molecular complexity index is 652. The highest BCUT2D eigenvalue weighted by atomic mass is 16.3. The normalized spacial score (nSPS) is 15.2. The second-order valence-corrected chi connectivity index (χ2v) is 7.79. The highest BCUT2D eigenvalue weighted by molar-refractivity contribution is 5.96. The van der Waals surface area contributed by atoms with Gasteiger partial charge in [-0.15, -0.1) is 0 Å². The number of hydrogen-bond acceptors (Lipinski definition) is 4. The van der Waals surface area contributed by atoms with Crippen molar-refractivity contribution in [1.82, 2.24) is 4.90 Å². The van der Waals surface area contributed by atoms with Crippen LogP contribution >= 0.6 is 0 Å². The van der Waals surface area contributed by atoms with Gasteiger partial charge in [-0.25, -0.2) is 0 Å². The van der Waals surface area contributed by atoms with E-state index in [4.69, 9.17) is 0 Å². The first-order chi connectivity index (χ1) is 11.6. The number of carbonyl (C=O) groups excluding carboxylic acids is 2. The van der Waals surface area contributed by atoms with Crippen molar-refractivity contribution < 1.29 is 14.7 Å². The molecule has 2 rings (SSSR count). The molecule has 138 valence electrons. The van der Waals surface area contributed by atoms with Crippen molar-refractivity contribution in [3.05, 3.63) is 23.8 Å². The minimum Gasteiger partial charge on any atom is -0.395 e. The summed E-state index contributed by atoms with van der Waals surface area (Å²) in [6.07, 6.45) is 0.801. The summed E-state index contributed by atoms with van der Waals surface area (Å²) in [4.78, 5) is 27.6. The smallest absolute Gasteiger partial charge is 0.238 e. The Hall–Kier alpha value is -1.92. The number of anilines is 2. The molecule has 6 heteroatoms. The Labute approximate surface area is 149 Å². The monoisotopic (exact) mass is 347 g/mol. The number of carbonyl (C=O) groups is 2. The lowest BCUT2D eigenvalue weighted by molar-refractivity contribution is -0.118. The minimum atomic E-state index is -0.119. The summed E-state index contributed by atoms with van der Waals surface area (Å²) in [7, 11) is 1.85. The zero-order valence-corrected chi connectivity index (χ0v) is 15.8. The Balaban J connectivity index is 2.01.